The quantitative estimate of drug-likeness (QED) is 0.195. The Morgan fingerprint density at radius 2 is 1.50 bits per heavy atom. The van der Waals surface area contributed by atoms with Crippen LogP contribution in [0.5, 0.6) is 17.4 Å². The summed E-state index contributed by atoms with van der Waals surface area (Å²) < 4.78 is 42.4. The minimum atomic E-state index is -0.852. The van der Waals surface area contributed by atoms with Crippen LogP contribution in [0.25, 0.3) is 0 Å². The maximum Gasteiger partial charge on any atom is 0.259 e. The first-order chi connectivity index (χ1) is 29.0. The molecule has 1 saturated carbocycles. The third-order valence-electron chi connectivity index (χ3n) is 14.2. The number of hydrogen-bond acceptors (Lipinski definition) is 11. The van der Waals surface area contributed by atoms with Gasteiger partial charge in [-0.15, -0.1) is 0 Å². The van der Waals surface area contributed by atoms with Crippen molar-refractivity contribution in [3.8, 4) is 17.4 Å². The molecule has 0 radical (unpaired) electrons. The van der Waals surface area contributed by atoms with Gasteiger partial charge in [0.05, 0.1) is 37.1 Å². The van der Waals surface area contributed by atoms with Crippen LogP contribution < -0.4 is 24.2 Å². The number of benzene rings is 2. The highest BCUT2D eigenvalue weighted by atomic mass is 19.1. The van der Waals surface area contributed by atoms with Crippen molar-refractivity contribution in [1.29, 1.82) is 0 Å². The minimum absolute atomic E-state index is 0.0285. The fourth-order valence-electron chi connectivity index (χ4n) is 10.8. The lowest BCUT2D eigenvalue weighted by molar-refractivity contribution is -0.117. The molecule has 0 bridgehead atoms. The number of rotatable bonds is 13. The number of aldehydes is 1. The van der Waals surface area contributed by atoms with E-state index in [9.17, 15) is 19.1 Å². The van der Waals surface area contributed by atoms with E-state index in [1.165, 1.54) is 18.2 Å². The number of halogens is 2. The number of hydrogen-bond donors (Lipinski definition) is 1. The van der Waals surface area contributed by atoms with Gasteiger partial charge in [0, 0.05) is 97.7 Å². The van der Waals surface area contributed by atoms with Gasteiger partial charge in [-0.25, -0.2) is 8.78 Å². The standard InChI is InChI=1S/C46H61F2N7O5/c1-50-29-33-24-40(49-44(60-4)41(33)45(50)58)55-18-12-32(13-19-55)28-53-22-20-52(21-23-53)27-31-10-16-54(17-11-31)38-26-39(59-3)34(25-36(38)48)43(46(30-56)14-5-6-15-46)51(2)37-9-7-8-35(47)42(37)57/h7-9,24-26,30-32,43,57H,5-6,10-23,27-29H2,1-4H3. The van der Waals surface area contributed by atoms with Crippen molar-refractivity contribution in [3.63, 3.8) is 0 Å². The number of pyridine rings is 1. The Bertz CT molecular complexity index is 2020. The molecule has 324 valence electrons. The number of aromatic hydroxyl groups is 1. The molecule has 8 rings (SSSR count). The van der Waals surface area contributed by atoms with Crippen molar-refractivity contribution in [1.82, 2.24) is 19.7 Å². The van der Waals surface area contributed by atoms with E-state index < -0.39 is 23.0 Å². The van der Waals surface area contributed by atoms with Gasteiger partial charge >= 0.3 is 0 Å². The van der Waals surface area contributed by atoms with E-state index in [-0.39, 0.29) is 17.4 Å². The van der Waals surface area contributed by atoms with Crippen LogP contribution >= 0.6 is 0 Å². The fraction of sp³-hybridized carbons (Fsp3) is 0.587. The summed E-state index contributed by atoms with van der Waals surface area (Å²) >= 11 is 0. The van der Waals surface area contributed by atoms with E-state index in [0.717, 1.165) is 122 Å². The maximum absolute atomic E-state index is 16.4. The molecule has 5 heterocycles. The molecular weight excluding hydrogens is 769 g/mol. The molecule has 14 heteroatoms. The molecule has 0 spiro atoms. The number of aromatic nitrogens is 1. The van der Waals surface area contributed by atoms with Gasteiger partial charge in [0.15, 0.2) is 11.6 Å². The van der Waals surface area contributed by atoms with Crippen LogP contribution in [0.15, 0.2) is 36.4 Å². The fourth-order valence-corrected chi connectivity index (χ4v) is 10.8. The summed E-state index contributed by atoms with van der Waals surface area (Å²) in [4.78, 5) is 43.3. The lowest BCUT2D eigenvalue weighted by Gasteiger charge is -2.42. The zero-order valence-electron chi connectivity index (χ0n) is 35.7. The number of piperazine rings is 1. The Morgan fingerprint density at radius 1 is 0.883 bits per heavy atom. The molecule has 3 aromatic rings. The van der Waals surface area contributed by atoms with E-state index in [2.05, 4.69) is 25.7 Å². The summed E-state index contributed by atoms with van der Waals surface area (Å²) in [6.07, 6.45) is 8.05. The smallest absolute Gasteiger partial charge is 0.259 e. The molecule has 2 aromatic carbocycles. The normalized spacial score (nSPS) is 21.0. The highest BCUT2D eigenvalue weighted by Gasteiger charge is 2.46. The second-order valence-electron chi connectivity index (χ2n) is 17.9. The lowest BCUT2D eigenvalue weighted by Crippen LogP contribution is -2.50. The van der Waals surface area contributed by atoms with Crippen LogP contribution in [-0.4, -0.2) is 131 Å². The molecule has 12 nitrogen and oxygen atoms in total. The van der Waals surface area contributed by atoms with Crippen molar-refractivity contribution in [2.45, 2.75) is 64.0 Å². The van der Waals surface area contributed by atoms with Crippen LogP contribution in [0.3, 0.4) is 0 Å². The van der Waals surface area contributed by atoms with Crippen molar-refractivity contribution in [2.75, 3.05) is 108 Å². The van der Waals surface area contributed by atoms with Crippen molar-refractivity contribution < 1.29 is 33.0 Å². The zero-order valence-corrected chi connectivity index (χ0v) is 35.7. The Balaban J connectivity index is 0.834. The molecule has 1 aromatic heterocycles. The molecule has 1 amide bonds. The molecule has 4 aliphatic heterocycles. The van der Waals surface area contributed by atoms with E-state index in [0.29, 0.717) is 59.7 Å². The number of piperidine rings is 2. The van der Waals surface area contributed by atoms with E-state index in [1.807, 2.05) is 7.05 Å². The van der Waals surface area contributed by atoms with Crippen LogP contribution in [0.1, 0.15) is 78.9 Å². The van der Waals surface area contributed by atoms with Gasteiger partial charge in [-0.1, -0.05) is 18.9 Å². The van der Waals surface area contributed by atoms with Gasteiger partial charge in [0.25, 0.3) is 5.91 Å². The molecule has 60 heavy (non-hydrogen) atoms. The Kier molecular flexibility index (Phi) is 12.4. The molecule has 4 fully saturated rings. The van der Waals surface area contributed by atoms with Crippen LogP contribution in [-0.2, 0) is 11.3 Å². The zero-order chi connectivity index (χ0) is 42.1. The second kappa shape index (κ2) is 17.7. The molecule has 1 N–H and O–H groups in total. The maximum atomic E-state index is 16.4. The van der Waals surface area contributed by atoms with E-state index >= 15 is 4.39 Å². The van der Waals surface area contributed by atoms with Crippen molar-refractivity contribution in [3.05, 3.63) is 64.7 Å². The monoisotopic (exact) mass is 829 g/mol. The van der Waals surface area contributed by atoms with Crippen molar-refractivity contribution in [2.24, 2.45) is 17.3 Å². The van der Waals surface area contributed by atoms with Crippen molar-refractivity contribution >= 4 is 29.4 Å². The first-order valence-corrected chi connectivity index (χ1v) is 21.8. The highest BCUT2D eigenvalue weighted by molar-refractivity contribution is 6.00. The van der Waals surface area contributed by atoms with Gasteiger partial charge in [0.2, 0.25) is 5.88 Å². The number of anilines is 3. The van der Waals surface area contributed by atoms with Crippen LogP contribution in [0.4, 0.5) is 26.0 Å². The van der Waals surface area contributed by atoms with Crippen LogP contribution in [0.2, 0.25) is 0 Å². The minimum Gasteiger partial charge on any atom is -0.503 e. The number of nitrogens with zero attached hydrogens (tertiary/aromatic N) is 7. The summed E-state index contributed by atoms with van der Waals surface area (Å²) in [6.45, 7) is 10.4. The molecule has 1 unspecified atom stereocenters. The summed E-state index contributed by atoms with van der Waals surface area (Å²) in [5.74, 6) is 1.33. The summed E-state index contributed by atoms with van der Waals surface area (Å²) in [7, 11) is 6.68. The predicted octanol–water partition coefficient (Wildman–Crippen LogP) is 6.36. The highest BCUT2D eigenvalue weighted by Crippen LogP contribution is 2.53. The van der Waals surface area contributed by atoms with E-state index in [4.69, 9.17) is 14.5 Å². The number of ether oxygens (including phenoxy) is 2. The molecule has 1 aliphatic carbocycles. The largest absolute Gasteiger partial charge is 0.503 e. The first-order valence-electron chi connectivity index (χ1n) is 21.8. The second-order valence-corrected chi connectivity index (χ2v) is 17.9. The molecule has 3 saturated heterocycles. The molecule has 1 atom stereocenters. The number of carbonyl (C=O) groups excluding carboxylic acids is 2. The van der Waals surface area contributed by atoms with Gasteiger partial charge in [-0.05, 0) is 80.2 Å². The molecular formula is C46H61F2N7O5. The number of phenolic OH excluding ortho intramolecular Hbond substituents is 1. The Morgan fingerprint density at radius 3 is 2.08 bits per heavy atom. The Labute approximate surface area is 353 Å². The molecule has 5 aliphatic rings. The number of phenols is 1. The lowest BCUT2D eigenvalue weighted by atomic mass is 9.75. The summed E-state index contributed by atoms with van der Waals surface area (Å²) in [6, 6.07) is 8.98. The van der Waals surface area contributed by atoms with Gasteiger partial charge in [-0.3, -0.25) is 4.79 Å². The first kappa shape index (κ1) is 42.0. The third kappa shape index (κ3) is 8.21. The number of carbonyl (C=O) groups is 2. The third-order valence-corrected chi connectivity index (χ3v) is 14.2. The number of fused-ring (bicyclic) bond motifs is 1. The number of amides is 1. The van der Waals surface area contributed by atoms with Gasteiger partial charge < -0.3 is 48.8 Å². The van der Waals surface area contributed by atoms with Crippen LogP contribution in [0, 0.1) is 28.9 Å². The van der Waals surface area contributed by atoms with E-state index in [1.54, 1.807) is 43.2 Å². The summed E-state index contributed by atoms with van der Waals surface area (Å²) in [5.41, 5.74) is 1.97. The Hall–Kier alpha value is -4.69. The average Bonchev–Trinajstić information content (AvgIpc) is 3.86. The number of para-hydroxylation sites is 1. The van der Waals surface area contributed by atoms with Gasteiger partial charge in [0.1, 0.15) is 29.2 Å². The summed E-state index contributed by atoms with van der Waals surface area (Å²) in [5, 5.41) is 10.7. The average molecular weight is 830 g/mol. The number of methoxy groups -OCH3 is 2. The SMILES string of the molecule is COc1cc(N2CCC(CN3CCN(CC4CCN(c5cc6c(c(OC)n5)C(=O)N(C)C6)CC4)CC3)CC2)c(F)cc1C(N(C)c1cccc(F)c1O)C1(C=O)CCCC1. The van der Waals surface area contributed by atoms with Gasteiger partial charge in [-0.2, -0.15) is 4.98 Å². The predicted molar refractivity (Wildman–Crippen MR) is 228 cm³/mol. The topological polar surface area (TPSA) is 105 Å².